The van der Waals surface area contributed by atoms with Crippen LogP contribution in [-0.2, 0) is 24.9 Å². The maximum Gasteiger partial charge on any atom is 0.414 e. The molecule has 0 aliphatic carbocycles. The van der Waals surface area contributed by atoms with E-state index in [4.69, 9.17) is 4.74 Å². The van der Waals surface area contributed by atoms with Gasteiger partial charge in [-0.1, -0.05) is 12.0 Å². The number of amides is 1. The number of tetrazole rings is 1. The number of rotatable bonds is 4. The van der Waals surface area contributed by atoms with E-state index < -0.39 is 11.9 Å². The molecule has 0 saturated carbocycles. The molecular formula is C18H19FN8O2. The minimum Gasteiger partial charge on any atom is -0.444 e. The quantitative estimate of drug-likeness (QED) is 0.716. The fraction of sp³-hybridized carbons (Fsp3) is 0.389. The van der Waals surface area contributed by atoms with Gasteiger partial charge in [0.15, 0.2) is 0 Å². The van der Waals surface area contributed by atoms with Crippen molar-refractivity contribution in [2.75, 3.05) is 16.3 Å². The molecule has 0 bridgehead atoms. The number of imidazole rings is 1. The van der Waals surface area contributed by atoms with Crippen LogP contribution in [0.15, 0.2) is 18.2 Å². The molecule has 1 amide bonds. The highest BCUT2D eigenvalue weighted by atomic mass is 19.1. The van der Waals surface area contributed by atoms with Gasteiger partial charge in [-0.15, -0.1) is 5.10 Å². The number of carbonyl (C=O) groups excluding carboxylic acids is 1. The molecule has 150 valence electrons. The maximum atomic E-state index is 14.8. The zero-order chi connectivity index (χ0) is 20.1. The van der Waals surface area contributed by atoms with E-state index in [1.165, 1.54) is 15.8 Å². The number of hydrogen-bond acceptors (Lipinski definition) is 7. The first kappa shape index (κ1) is 17.6. The predicted octanol–water partition coefficient (Wildman–Crippen LogP) is 1.99. The molecule has 2 aliphatic heterocycles. The Morgan fingerprint density at radius 1 is 1.34 bits per heavy atom. The molecular weight excluding hydrogens is 379 g/mol. The Balaban J connectivity index is 1.36. The Morgan fingerprint density at radius 2 is 2.21 bits per heavy atom. The van der Waals surface area contributed by atoms with Crippen molar-refractivity contribution >= 4 is 17.7 Å². The van der Waals surface area contributed by atoms with Crippen molar-refractivity contribution in [2.24, 2.45) is 7.05 Å². The zero-order valence-electron chi connectivity index (χ0n) is 16.0. The third kappa shape index (κ3) is 2.98. The topological polar surface area (TPSA) is 105 Å². The van der Waals surface area contributed by atoms with E-state index in [0.29, 0.717) is 42.7 Å². The van der Waals surface area contributed by atoms with E-state index in [1.54, 1.807) is 19.2 Å². The van der Waals surface area contributed by atoms with Crippen molar-refractivity contribution in [1.29, 1.82) is 0 Å². The Hall–Kier alpha value is -3.50. The highest BCUT2D eigenvalue weighted by Gasteiger charge is 2.32. The minimum atomic E-state index is -0.449. The number of nitrogens with zero attached hydrogens (tertiary/aromatic N) is 7. The van der Waals surface area contributed by atoms with Crippen LogP contribution in [0.2, 0.25) is 0 Å². The van der Waals surface area contributed by atoms with Crippen LogP contribution in [0.1, 0.15) is 24.7 Å². The number of hydrogen-bond donors (Lipinski definition) is 1. The number of halogens is 1. The molecule has 3 aromatic rings. The lowest BCUT2D eigenvalue weighted by Crippen LogP contribution is -2.24. The van der Waals surface area contributed by atoms with Crippen LogP contribution in [-0.4, -0.2) is 48.9 Å². The van der Waals surface area contributed by atoms with E-state index in [-0.39, 0.29) is 6.10 Å². The molecule has 2 aliphatic rings. The van der Waals surface area contributed by atoms with Crippen molar-refractivity contribution in [3.05, 3.63) is 35.4 Å². The summed E-state index contributed by atoms with van der Waals surface area (Å²) in [6.07, 6.45) is 0.116. The molecule has 1 N–H and O–H groups in total. The van der Waals surface area contributed by atoms with Gasteiger partial charge in [0.05, 0.1) is 49.3 Å². The Morgan fingerprint density at radius 3 is 2.86 bits per heavy atom. The van der Waals surface area contributed by atoms with Gasteiger partial charge >= 0.3 is 6.09 Å². The van der Waals surface area contributed by atoms with Gasteiger partial charge < -0.3 is 14.6 Å². The molecule has 10 nitrogen and oxygen atoms in total. The van der Waals surface area contributed by atoms with Crippen molar-refractivity contribution in [1.82, 2.24) is 30.2 Å². The van der Waals surface area contributed by atoms with Gasteiger partial charge in [0.25, 0.3) is 5.95 Å². The average Bonchev–Trinajstić information content (AvgIpc) is 3.44. The van der Waals surface area contributed by atoms with Crippen LogP contribution in [0.5, 0.6) is 0 Å². The summed E-state index contributed by atoms with van der Waals surface area (Å²) in [5, 5.41) is 12.0. The van der Waals surface area contributed by atoms with E-state index in [9.17, 15) is 9.18 Å². The summed E-state index contributed by atoms with van der Waals surface area (Å²) in [4.78, 5) is 24.5. The van der Waals surface area contributed by atoms with Gasteiger partial charge in [0.2, 0.25) is 0 Å². The molecule has 0 unspecified atom stereocenters. The molecule has 5 rings (SSSR count). The fourth-order valence-corrected chi connectivity index (χ4v) is 3.61. The predicted molar refractivity (Wildman–Crippen MR) is 101 cm³/mol. The number of nitrogens with one attached hydrogen (secondary N) is 1. The molecule has 4 heterocycles. The highest BCUT2D eigenvalue weighted by Crippen LogP contribution is 2.31. The number of cyclic esters (lactones) is 1. The lowest BCUT2D eigenvalue weighted by molar-refractivity contribution is 0.139. The lowest BCUT2D eigenvalue weighted by Gasteiger charge is -2.14. The smallest absolute Gasteiger partial charge is 0.414 e. The molecule has 29 heavy (non-hydrogen) atoms. The number of ether oxygens (including phenoxy) is 1. The fourth-order valence-electron chi connectivity index (χ4n) is 3.61. The molecule has 1 saturated heterocycles. The number of benzene rings is 1. The maximum absolute atomic E-state index is 14.8. The van der Waals surface area contributed by atoms with Crippen LogP contribution in [0.3, 0.4) is 0 Å². The number of aromatic nitrogens is 6. The third-order valence-corrected chi connectivity index (χ3v) is 5.18. The average molecular weight is 398 g/mol. The minimum absolute atomic E-state index is 0.162. The Bertz CT molecular complexity index is 1070. The van der Waals surface area contributed by atoms with Gasteiger partial charge in [-0.25, -0.2) is 14.2 Å². The van der Waals surface area contributed by atoms with Crippen LogP contribution in [0.4, 0.5) is 20.8 Å². The largest absolute Gasteiger partial charge is 0.444 e. The summed E-state index contributed by atoms with van der Waals surface area (Å²) >= 11 is 0. The number of H-pyrrole nitrogens is 1. The van der Waals surface area contributed by atoms with E-state index in [2.05, 4.69) is 25.4 Å². The lowest BCUT2D eigenvalue weighted by atomic mass is 10.1. The Kier molecular flexibility index (Phi) is 3.96. The number of fused-ring (bicyclic) bond motifs is 1. The van der Waals surface area contributed by atoms with Crippen molar-refractivity contribution in [2.45, 2.75) is 32.5 Å². The van der Waals surface area contributed by atoms with Gasteiger partial charge in [-0.3, -0.25) is 4.90 Å². The van der Waals surface area contributed by atoms with Gasteiger partial charge in [0.1, 0.15) is 17.7 Å². The van der Waals surface area contributed by atoms with Crippen molar-refractivity contribution in [3.8, 4) is 11.4 Å². The van der Waals surface area contributed by atoms with E-state index in [0.717, 1.165) is 17.8 Å². The van der Waals surface area contributed by atoms with Crippen LogP contribution < -0.4 is 9.80 Å². The summed E-state index contributed by atoms with van der Waals surface area (Å²) in [5.41, 5.74) is 2.55. The van der Waals surface area contributed by atoms with Crippen LogP contribution in [0.25, 0.3) is 11.4 Å². The SMILES string of the molecule is CC[C@H]1CN(c2ccc(-c3nc4c([nH]3)CN(c3nnn(C)n3)C4)c(F)c2)C(=O)O1. The van der Waals surface area contributed by atoms with Crippen LogP contribution >= 0.6 is 0 Å². The first-order valence-electron chi connectivity index (χ1n) is 9.36. The summed E-state index contributed by atoms with van der Waals surface area (Å²) < 4.78 is 20.1. The van der Waals surface area contributed by atoms with Gasteiger partial charge in [-0.2, -0.15) is 4.80 Å². The summed E-state index contributed by atoms with van der Waals surface area (Å²) in [6.45, 7) is 3.44. The normalized spacial score (nSPS) is 18.4. The van der Waals surface area contributed by atoms with Gasteiger partial charge in [-0.05, 0) is 29.8 Å². The van der Waals surface area contributed by atoms with Crippen molar-refractivity contribution < 1.29 is 13.9 Å². The molecule has 0 spiro atoms. The number of carbonyl (C=O) groups is 1. The molecule has 1 aromatic carbocycles. The number of anilines is 2. The van der Waals surface area contributed by atoms with Crippen LogP contribution in [0, 0.1) is 5.82 Å². The van der Waals surface area contributed by atoms with E-state index >= 15 is 0 Å². The third-order valence-electron chi connectivity index (χ3n) is 5.18. The number of aryl methyl sites for hydroxylation is 1. The highest BCUT2D eigenvalue weighted by molar-refractivity contribution is 5.90. The first-order chi connectivity index (χ1) is 14.0. The first-order valence-corrected chi connectivity index (χ1v) is 9.36. The summed E-state index contributed by atoms with van der Waals surface area (Å²) in [6, 6.07) is 4.69. The molecule has 1 fully saturated rings. The van der Waals surface area contributed by atoms with Crippen molar-refractivity contribution in [3.63, 3.8) is 0 Å². The number of aromatic amines is 1. The molecule has 0 radical (unpaired) electrons. The second-order valence-corrected chi connectivity index (χ2v) is 7.13. The summed E-state index contributed by atoms with van der Waals surface area (Å²) in [7, 11) is 1.71. The monoisotopic (exact) mass is 398 g/mol. The molecule has 2 aromatic heterocycles. The van der Waals surface area contributed by atoms with E-state index in [1.807, 2.05) is 11.8 Å². The standard InChI is InChI=1S/C18H19FN8O2/c1-3-11-7-27(18(28)29-11)10-4-5-12(13(19)6-10)16-20-14-8-26(9-15(14)21-16)17-22-24-25(2)23-17/h4-6,11H,3,7-9H2,1-2H3,(H,20,21)/t11-/m0/s1. The molecule has 11 heteroatoms. The zero-order valence-corrected chi connectivity index (χ0v) is 16.0. The second kappa shape index (κ2) is 6.54. The second-order valence-electron chi connectivity index (χ2n) is 7.13. The molecule has 1 atom stereocenters. The van der Waals surface area contributed by atoms with Gasteiger partial charge in [0, 0.05) is 0 Å². The Labute approximate surface area is 165 Å². The summed E-state index contributed by atoms with van der Waals surface area (Å²) in [5.74, 6) is 0.537.